The van der Waals surface area contributed by atoms with Crippen molar-refractivity contribution in [3.63, 3.8) is 0 Å². The Hall–Kier alpha value is -1.58. The van der Waals surface area contributed by atoms with Gasteiger partial charge in [0.25, 0.3) is 0 Å². The number of fused-ring (bicyclic) bond motifs is 2. The molecule has 2 rings (SSSR count). The van der Waals surface area contributed by atoms with Gasteiger partial charge >= 0.3 is 11.9 Å². The summed E-state index contributed by atoms with van der Waals surface area (Å²) in [5, 5.41) is 16.6. The number of carboxylic acids is 2. The maximum absolute atomic E-state index is 10.6. The van der Waals surface area contributed by atoms with E-state index in [1.165, 1.54) is 6.92 Å². The molecule has 2 bridgehead atoms. The van der Waals surface area contributed by atoms with Crippen molar-refractivity contribution in [2.45, 2.75) is 19.8 Å². The quantitative estimate of drug-likeness (QED) is 0.555. The van der Waals surface area contributed by atoms with Crippen LogP contribution in [0.4, 0.5) is 0 Å². The standard InChI is InChI=1S/C8H10O2.C4H6O2/c9-8(10)7-4-5-1-2-6(7)3-5;1-3(2)4(5)6/h1-2,5-7H,3-4H2,(H,9,10);1H2,2H3,(H,5,6). The molecule has 2 aliphatic rings. The molecule has 1 fully saturated rings. The van der Waals surface area contributed by atoms with Crippen LogP contribution < -0.4 is 0 Å². The average Bonchev–Trinajstić information content (AvgIpc) is 2.79. The molecule has 4 nitrogen and oxygen atoms in total. The number of aliphatic carboxylic acids is 2. The van der Waals surface area contributed by atoms with Gasteiger partial charge in [-0.3, -0.25) is 4.79 Å². The van der Waals surface area contributed by atoms with Gasteiger partial charge in [-0.2, -0.15) is 0 Å². The van der Waals surface area contributed by atoms with Crippen molar-refractivity contribution in [2.24, 2.45) is 17.8 Å². The van der Waals surface area contributed by atoms with Crippen LogP contribution in [0.25, 0.3) is 0 Å². The van der Waals surface area contributed by atoms with E-state index >= 15 is 0 Å². The second kappa shape index (κ2) is 4.96. The third-order valence-corrected chi connectivity index (χ3v) is 2.96. The van der Waals surface area contributed by atoms with Gasteiger partial charge in [0.2, 0.25) is 0 Å². The summed E-state index contributed by atoms with van der Waals surface area (Å²) in [4.78, 5) is 20.2. The van der Waals surface area contributed by atoms with E-state index in [9.17, 15) is 9.59 Å². The van der Waals surface area contributed by atoms with Crippen molar-refractivity contribution in [1.82, 2.24) is 0 Å². The predicted octanol–water partition coefficient (Wildman–Crippen LogP) is 1.93. The lowest BCUT2D eigenvalue weighted by atomic mass is 9.94. The Bertz CT molecular complexity index is 331. The van der Waals surface area contributed by atoms with Crippen molar-refractivity contribution in [3.05, 3.63) is 24.3 Å². The first-order valence-corrected chi connectivity index (χ1v) is 5.21. The molecule has 0 radical (unpaired) electrons. The van der Waals surface area contributed by atoms with E-state index in [-0.39, 0.29) is 11.5 Å². The largest absolute Gasteiger partial charge is 0.481 e. The van der Waals surface area contributed by atoms with E-state index < -0.39 is 11.9 Å². The molecule has 0 heterocycles. The number of carbonyl (C=O) groups is 2. The highest BCUT2D eigenvalue weighted by Crippen LogP contribution is 2.43. The van der Waals surface area contributed by atoms with Crippen molar-refractivity contribution in [1.29, 1.82) is 0 Å². The Morgan fingerprint density at radius 3 is 2.00 bits per heavy atom. The third-order valence-electron chi connectivity index (χ3n) is 2.96. The Kier molecular flexibility index (Phi) is 3.88. The molecule has 0 spiro atoms. The van der Waals surface area contributed by atoms with E-state index in [2.05, 4.69) is 18.7 Å². The average molecular weight is 224 g/mol. The highest BCUT2D eigenvalue weighted by atomic mass is 16.4. The number of rotatable bonds is 2. The number of hydrogen-bond acceptors (Lipinski definition) is 2. The number of hydrogen-bond donors (Lipinski definition) is 2. The fraction of sp³-hybridized carbons (Fsp3) is 0.500. The molecule has 0 aliphatic heterocycles. The van der Waals surface area contributed by atoms with E-state index in [0.717, 1.165) is 12.8 Å². The molecule has 2 aliphatic carbocycles. The number of allylic oxidation sites excluding steroid dienone is 2. The SMILES string of the molecule is C=C(C)C(=O)O.O=C(O)C1CC2C=CC1C2. The minimum atomic E-state index is -0.935. The zero-order valence-corrected chi connectivity index (χ0v) is 9.22. The van der Waals surface area contributed by atoms with E-state index in [1.54, 1.807) is 0 Å². The molecule has 0 amide bonds. The molecule has 0 saturated heterocycles. The monoisotopic (exact) mass is 224 g/mol. The van der Waals surface area contributed by atoms with Gasteiger partial charge in [0, 0.05) is 5.57 Å². The molecule has 88 valence electrons. The molecule has 1 saturated carbocycles. The van der Waals surface area contributed by atoms with Gasteiger partial charge in [-0.05, 0) is 31.6 Å². The molecule has 3 atom stereocenters. The lowest BCUT2D eigenvalue weighted by Crippen LogP contribution is -2.17. The van der Waals surface area contributed by atoms with Gasteiger partial charge in [0.05, 0.1) is 5.92 Å². The van der Waals surface area contributed by atoms with Crippen molar-refractivity contribution < 1.29 is 19.8 Å². The molecular formula is C12H16O4. The van der Waals surface area contributed by atoms with Crippen LogP contribution in [0.5, 0.6) is 0 Å². The maximum Gasteiger partial charge on any atom is 0.330 e. The van der Waals surface area contributed by atoms with Gasteiger partial charge in [0.15, 0.2) is 0 Å². The lowest BCUT2D eigenvalue weighted by molar-refractivity contribution is -0.142. The summed E-state index contributed by atoms with van der Waals surface area (Å²) in [6.45, 7) is 4.60. The molecule has 0 aromatic rings. The molecule has 3 unspecified atom stereocenters. The van der Waals surface area contributed by atoms with Crippen LogP contribution in [0.2, 0.25) is 0 Å². The first kappa shape index (κ1) is 12.5. The van der Waals surface area contributed by atoms with Gasteiger partial charge in [-0.1, -0.05) is 18.7 Å². The van der Waals surface area contributed by atoms with Crippen LogP contribution in [-0.4, -0.2) is 22.2 Å². The lowest BCUT2D eigenvalue weighted by Gasteiger charge is -2.11. The van der Waals surface area contributed by atoms with Crippen LogP contribution in [0.15, 0.2) is 24.3 Å². The molecule has 4 heteroatoms. The zero-order valence-electron chi connectivity index (χ0n) is 9.22. The van der Waals surface area contributed by atoms with Crippen LogP contribution in [0.1, 0.15) is 19.8 Å². The molecule has 0 aromatic heterocycles. The molecule has 16 heavy (non-hydrogen) atoms. The van der Waals surface area contributed by atoms with E-state index in [1.807, 2.05) is 0 Å². The normalized spacial score (nSPS) is 29.4. The van der Waals surface area contributed by atoms with Crippen molar-refractivity contribution in [2.75, 3.05) is 0 Å². The minimum absolute atomic E-state index is 0.0741. The second-order valence-corrected chi connectivity index (χ2v) is 4.31. The van der Waals surface area contributed by atoms with Gasteiger partial charge < -0.3 is 10.2 Å². The van der Waals surface area contributed by atoms with Crippen LogP contribution in [-0.2, 0) is 9.59 Å². The number of carboxylic acid groups (broad SMARTS) is 2. The van der Waals surface area contributed by atoms with Gasteiger partial charge in [-0.25, -0.2) is 4.79 Å². The maximum atomic E-state index is 10.6. The van der Waals surface area contributed by atoms with E-state index in [4.69, 9.17) is 10.2 Å². The third kappa shape index (κ3) is 2.95. The van der Waals surface area contributed by atoms with Crippen LogP contribution in [0, 0.1) is 17.8 Å². The summed E-state index contributed by atoms with van der Waals surface area (Å²) in [7, 11) is 0. The van der Waals surface area contributed by atoms with Gasteiger partial charge in [-0.15, -0.1) is 0 Å². The van der Waals surface area contributed by atoms with E-state index in [0.29, 0.717) is 11.8 Å². The summed E-state index contributed by atoms with van der Waals surface area (Å²) in [5.74, 6) is -0.699. The Balaban J connectivity index is 0.000000187. The summed E-state index contributed by atoms with van der Waals surface area (Å²) < 4.78 is 0. The minimum Gasteiger partial charge on any atom is -0.481 e. The highest BCUT2D eigenvalue weighted by Gasteiger charge is 2.39. The smallest absolute Gasteiger partial charge is 0.330 e. The Morgan fingerprint density at radius 2 is 1.81 bits per heavy atom. The topological polar surface area (TPSA) is 74.6 Å². The van der Waals surface area contributed by atoms with Crippen molar-refractivity contribution in [3.8, 4) is 0 Å². The molecular weight excluding hydrogens is 208 g/mol. The first-order chi connectivity index (χ1) is 7.41. The van der Waals surface area contributed by atoms with Crippen molar-refractivity contribution >= 4 is 11.9 Å². The fourth-order valence-electron chi connectivity index (χ4n) is 2.06. The molecule has 2 N–H and O–H groups in total. The molecule has 0 aromatic carbocycles. The Morgan fingerprint density at radius 1 is 1.25 bits per heavy atom. The Labute approximate surface area is 94.3 Å². The predicted molar refractivity (Wildman–Crippen MR) is 58.9 cm³/mol. The highest BCUT2D eigenvalue weighted by molar-refractivity contribution is 5.84. The summed E-state index contributed by atoms with van der Waals surface area (Å²) in [6.07, 6.45) is 6.17. The fourth-order valence-corrected chi connectivity index (χ4v) is 2.06. The summed E-state index contributed by atoms with van der Waals surface area (Å²) in [5.41, 5.74) is 0.176. The summed E-state index contributed by atoms with van der Waals surface area (Å²) >= 11 is 0. The van der Waals surface area contributed by atoms with Gasteiger partial charge in [0.1, 0.15) is 0 Å². The summed E-state index contributed by atoms with van der Waals surface area (Å²) in [6, 6.07) is 0. The zero-order chi connectivity index (χ0) is 12.3. The van der Waals surface area contributed by atoms with Crippen LogP contribution in [0.3, 0.4) is 0 Å². The first-order valence-electron chi connectivity index (χ1n) is 5.21. The van der Waals surface area contributed by atoms with Crippen LogP contribution >= 0.6 is 0 Å². The second-order valence-electron chi connectivity index (χ2n) is 4.31.